The molecule has 0 aliphatic carbocycles. The maximum Gasteiger partial charge on any atom is 0.508 e. The molecule has 0 spiro atoms. The van der Waals surface area contributed by atoms with Gasteiger partial charge in [-0.2, -0.15) is 11.8 Å². The number of ketones is 1. The Labute approximate surface area is 168 Å². The maximum atomic E-state index is 11.2. The first-order chi connectivity index (χ1) is 10.3. The van der Waals surface area contributed by atoms with E-state index in [1.165, 1.54) is 0 Å². The molecule has 0 bridgehead atoms. The third kappa shape index (κ3) is 22.3. The zero-order valence-electron chi connectivity index (χ0n) is 14.6. The summed E-state index contributed by atoms with van der Waals surface area (Å²) in [6, 6.07) is 0. The smallest absolute Gasteiger partial charge is 0.432 e. The molecule has 6 nitrogen and oxygen atoms in total. The van der Waals surface area contributed by atoms with Crippen molar-refractivity contribution >= 4 is 23.7 Å². The van der Waals surface area contributed by atoms with Crippen molar-refractivity contribution in [3.8, 4) is 0 Å². The molecule has 0 saturated heterocycles. The van der Waals surface area contributed by atoms with Crippen LogP contribution in [0.25, 0.3) is 0 Å². The quantitative estimate of drug-likeness (QED) is 0.352. The van der Waals surface area contributed by atoms with Crippen LogP contribution in [0.5, 0.6) is 0 Å². The number of rotatable bonds is 12. The predicted octanol–water partition coefficient (Wildman–Crippen LogP) is 2.68. The molecule has 1 radical (unpaired) electrons. The van der Waals surface area contributed by atoms with Crippen LogP contribution in [-0.4, -0.2) is 62.1 Å². The van der Waals surface area contributed by atoms with E-state index in [0.717, 1.165) is 12.2 Å². The number of ether oxygens (including phenoxy) is 4. The van der Waals surface area contributed by atoms with Gasteiger partial charge < -0.3 is 18.9 Å². The van der Waals surface area contributed by atoms with Crippen molar-refractivity contribution in [3.63, 3.8) is 0 Å². The van der Waals surface area contributed by atoms with E-state index in [1.807, 2.05) is 0 Å². The van der Waals surface area contributed by atoms with Crippen LogP contribution in [0.2, 0.25) is 0 Å². The van der Waals surface area contributed by atoms with E-state index in [0.29, 0.717) is 32.2 Å². The van der Waals surface area contributed by atoms with Gasteiger partial charge in [-0.3, -0.25) is 4.79 Å². The third-order valence-corrected chi connectivity index (χ3v) is 3.28. The Morgan fingerprint density at radius 3 is 2.09 bits per heavy atom. The minimum Gasteiger partial charge on any atom is -0.432 e. The van der Waals surface area contributed by atoms with Crippen LogP contribution in [0, 0.1) is 0 Å². The van der Waals surface area contributed by atoms with Crippen LogP contribution in [-0.2, 0) is 56.5 Å². The Balaban J connectivity index is 0. The predicted molar refractivity (Wildman–Crippen MR) is 86.4 cm³/mol. The number of carbonyl (C=O) groups is 2. The molecule has 0 aromatic rings. The van der Waals surface area contributed by atoms with Crippen LogP contribution in [0.3, 0.4) is 0 Å². The SMILES string of the molecule is CC(=O)CSCCCOCCOCCOC(=O)OC(C)(C)C.[Y]. The fourth-order valence-corrected chi connectivity index (χ4v) is 2.02. The zero-order chi connectivity index (χ0) is 16.8. The second-order valence-corrected chi connectivity index (χ2v) is 6.75. The summed E-state index contributed by atoms with van der Waals surface area (Å²) in [5.74, 6) is 1.69. The molecule has 0 N–H and O–H groups in total. The summed E-state index contributed by atoms with van der Waals surface area (Å²) in [5.41, 5.74) is -0.547. The summed E-state index contributed by atoms with van der Waals surface area (Å²) in [6.45, 7) is 9.02. The van der Waals surface area contributed by atoms with Gasteiger partial charge in [-0.05, 0) is 39.9 Å². The van der Waals surface area contributed by atoms with Crippen molar-refractivity contribution < 1.29 is 61.2 Å². The molecule has 23 heavy (non-hydrogen) atoms. The molecule has 0 unspecified atom stereocenters. The van der Waals surface area contributed by atoms with Crippen molar-refractivity contribution in [2.45, 2.75) is 39.7 Å². The first-order valence-corrected chi connectivity index (χ1v) is 8.55. The Hall–Kier alpha value is 0.314. The molecule has 0 saturated carbocycles. The number of Topliss-reactive ketones (excluding diaryl/α,β-unsaturated/α-hetero) is 1. The van der Waals surface area contributed by atoms with E-state index >= 15 is 0 Å². The number of hydrogen-bond acceptors (Lipinski definition) is 7. The van der Waals surface area contributed by atoms with Crippen molar-refractivity contribution in [3.05, 3.63) is 0 Å². The Morgan fingerprint density at radius 1 is 0.957 bits per heavy atom. The Morgan fingerprint density at radius 2 is 1.52 bits per heavy atom. The molecule has 8 heteroatoms. The van der Waals surface area contributed by atoms with E-state index in [2.05, 4.69) is 0 Å². The van der Waals surface area contributed by atoms with Gasteiger partial charge in [0.25, 0.3) is 0 Å². The van der Waals surface area contributed by atoms with Crippen LogP contribution in [0.1, 0.15) is 34.1 Å². The third-order valence-electron chi connectivity index (χ3n) is 2.09. The van der Waals surface area contributed by atoms with Crippen molar-refractivity contribution in [2.24, 2.45) is 0 Å². The van der Waals surface area contributed by atoms with Crippen molar-refractivity contribution in [1.82, 2.24) is 0 Å². The van der Waals surface area contributed by atoms with E-state index in [4.69, 9.17) is 18.9 Å². The molecule has 0 aliphatic rings. The number of hydrogen-bond donors (Lipinski definition) is 0. The minimum atomic E-state index is -0.685. The van der Waals surface area contributed by atoms with Gasteiger partial charge in [0.05, 0.1) is 25.6 Å². The summed E-state index contributed by atoms with van der Waals surface area (Å²) < 4.78 is 20.5. The van der Waals surface area contributed by atoms with E-state index in [9.17, 15) is 9.59 Å². The van der Waals surface area contributed by atoms with Gasteiger partial charge in [0, 0.05) is 39.3 Å². The van der Waals surface area contributed by atoms with Gasteiger partial charge in [-0.25, -0.2) is 4.79 Å². The van der Waals surface area contributed by atoms with Gasteiger partial charge in [-0.1, -0.05) is 0 Å². The molecule has 133 valence electrons. The summed E-state index contributed by atoms with van der Waals surface area (Å²) in [6.07, 6.45) is 0.232. The van der Waals surface area contributed by atoms with Gasteiger partial charge in [-0.15, -0.1) is 0 Å². The van der Waals surface area contributed by atoms with Crippen LogP contribution < -0.4 is 0 Å². The first kappa shape index (κ1) is 25.6. The van der Waals surface area contributed by atoms with E-state index in [1.54, 1.807) is 39.5 Å². The topological polar surface area (TPSA) is 71.1 Å². The molecule has 0 rings (SSSR count). The molecule has 0 amide bonds. The largest absolute Gasteiger partial charge is 0.508 e. The molecule has 0 aromatic carbocycles. The minimum absolute atomic E-state index is 0. The monoisotopic (exact) mass is 425 g/mol. The first-order valence-electron chi connectivity index (χ1n) is 7.39. The van der Waals surface area contributed by atoms with E-state index < -0.39 is 11.8 Å². The standard InChI is InChI=1S/C15H28O6S.Y/c1-13(16)12-22-11-5-6-18-7-8-19-9-10-20-14(17)21-15(2,3)4;/h5-12H2,1-4H3;. The maximum absolute atomic E-state index is 11.2. The van der Waals surface area contributed by atoms with Crippen LogP contribution >= 0.6 is 11.8 Å². The molecule has 0 aliphatic heterocycles. The molecule has 0 atom stereocenters. The summed E-state index contributed by atoms with van der Waals surface area (Å²) in [7, 11) is 0. The molecular weight excluding hydrogens is 397 g/mol. The van der Waals surface area contributed by atoms with Gasteiger partial charge in [0.15, 0.2) is 0 Å². The zero-order valence-corrected chi connectivity index (χ0v) is 18.2. The fraction of sp³-hybridized carbons (Fsp3) is 0.867. The second-order valence-electron chi connectivity index (χ2n) is 5.65. The summed E-state index contributed by atoms with van der Waals surface area (Å²) in [5, 5.41) is 0. The van der Waals surface area contributed by atoms with Crippen molar-refractivity contribution in [2.75, 3.05) is 44.5 Å². The number of thioether (sulfide) groups is 1. The van der Waals surface area contributed by atoms with Gasteiger partial charge in [0.2, 0.25) is 0 Å². The molecular formula is C15H28O6SY. The molecule has 0 fully saturated rings. The molecule has 0 heterocycles. The number of carbonyl (C=O) groups excluding carboxylic acids is 2. The second kappa shape index (κ2) is 15.8. The summed E-state index contributed by atoms with van der Waals surface area (Å²) in [4.78, 5) is 21.9. The fourth-order valence-electron chi connectivity index (χ4n) is 1.26. The van der Waals surface area contributed by atoms with Crippen LogP contribution in [0.4, 0.5) is 4.79 Å². The van der Waals surface area contributed by atoms with Crippen LogP contribution in [0.15, 0.2) is 0 Å². The van der Waals surface area contributed by atoms with Gasteiger partial charge in [0.1, 0.15) is 18.0 Å². The van der Waals surface area contributed by atoms with Crippen molar-refractivity contribution in [1.29, 1.82) is 0 Å². The van der Waals surface area contributed by atoms with E-state index in [-0.39, 0.29) is 45.1 Å². The Kier molecular flexibility index (Phi) is 17.6. The average molecular weight is 425 g/mol. The summed E-state index contributed by atoms with van der Waals surface area (Å²) >= 11 is 1.62. The average Bonchev–Trinajstić information content (AvgIpc) is 2.37. The normalized spacial score (nSPS) is 10.8. The van der Waals surface area contributed by atoms with Gasteiger partial charge >= 0.3 is 6.16 Å². The Bertz CT molecular complexity index is 320. The molecule has 0 aromatic heterocycles.